The van der Waals surface area contributed by atoms with Gasteiger partial charge >= 0.3 is 24.7 Å². The fraction of sp³-hybridized carbons (Fsp3) is 0.0952. The Bertz CT molecular complexity index is 2950. The Morgan fingerprint density at radius 3 is 1.16 bits per heavy atom. The van der Waals surface area contributed by atoms with Crippen LogP contribution in [0.4, 0.5) is 52.7 Å². The lowest BCUT2D eigenvalue weighted by atomic mass is 9.96. The summed E-state index contributed by atoms with van der Waals surface area (Å²) in [6, 6.07) is 22.3. The van der Waals surface area contributed by atoms with Gasteiger partial charge in [0.05, 0.1) is 72.9 Å². The number of aromatic nitrogens is 2. The van der Waals surface area contributed by atoms with Crippen molar-refractivity contribution in [2.45, 2.75) is 24.7 Å². The molecule has 8 rings (SSSR count). The molecular formula is C42H18F12N4. The first-order valence-electron chi connectivity index (χ1n) is 16.7. The van der Waals surface area contributed by atoms with Crippen LogP contribution >= 0.6 is 0 Å². The van der Waals surface area contributed by atoms with Crippen molar-refractivity contribution >= 4 is 43.6 Å². The van der Waals surface area contributed by atoms with Gasteiger partial charge in [-0.1, -0.05) is 12.1 Å². The van der Waals surface area contributed by atoms with Crippen LogP contribution in [0.2, 0.25) is 0 Å². The van der Waals surface area contributed by atoms with Crippen molar-refractivity contribution in [1.29, 1.82) is 10.5 Å². The average Bonchev–Trinajstić information content (AvgIpc) is 3.67. The number of hydrogen-bond acceptors (Lipinski definition) is 2. The maximum atomic E-state index is 14.0. The Hall–Kier alpha value is -6.94. The second-order valence-electron chi connectivity index (χ2n) is 13.2. The zero-order chi connectivity index (χ0) is 41.7. The van der Waals surface area contributed by atoms with Gasteiger partial charge in [0, 0.05) is 32.7 Å². The van der Waals surface area contributed by atoms with Gasteiger partial charge in [0.25, 0.3) is 0 Å². The molecule has 16 heteroatoms. The molecule has 0 saturated carbocycles. The van der Waals surface area contributed by atoms with Gasteiger partial charge in [-0.2, -0.15) is 63.2 Å². The van der Waals surface area contributed by atoms with E-state index in [1.807, 2.05) is 12.1 Å². The van der Waals surface area contributed by atoms with Gasteiger partial charge in [-0.05, 0) is 97.1 Å². The van der Waals surface area contributed by atoms with Crippen molar-refractivity contribution in [3.05, 3.63) is 143 Å². The SMILES string of the molecule is N#Cc1ccc(-n2c3ccc(C(F)(F)F)cc3c3cc(C(F)(F)F)ccc32)c(-c2cccc(C#N)c2-n2c3ccc(C(F)(F)F)cc3c3cc(C(F)(F)F)ccc32)c1. The molecule has 6 aromatic carbocycles. The van der Waals surface area contributed by atoms with Gasteiger partial charge < -0.3 is 9.13 Å². The zero-order valence-electron chi connectivity index (χ0n) is 28.7. The molecule has 0 aliphatic carbocycles. The summed E-state index contributed by atoms with van der Waals surface area (Å²) >= 11 is 0. The molecule has 2 heterocycles. The minimum Gasteiger partial charge on any atom is -0.309 e. The van der Waals surface area contributed by atoms with Crippen molar-refractivity contribution < 1.29 is 52.7 Å². The monoisotopic (exact) mass is 806 g/mol. The minimum atomic E-state index is -4.89. The van der Waals surface area contributed by atoms with Gasteiger partial charge in [-0.25, -0.2) is 0 Å². The normalized spacial score (nSPS) is 12.8. The average molecular weight is 807 g/mol. The zero-order valence-corrected chi connectivity index (χ0v) is 28.7. The maximum absolute atomic E-state index is 14.0. The Balaban J connectivity index is 1.50. The fourth-order valence-corrected chi connectivity index (χ4v) is 7.36. The number of benzene rings is 6. The van der Waals surface area contributed by atoms with Crippen LogP contribution in [-0.4, -0.2) is 9.13 Å². The van der Waals surface area contributed by atoms with E-state index in [4.69, 9.17) is 0 Å². The lowest BCUT2D eigenvalue weighted by Gasteiger charge is -2.20. The van der Waals surface area contributed by atoms with Crippen LogP contribution < -0.4 is 0 Å². The number of para-hydroxylation sites is 1. The molecule has 0 atom stereocenters. The summed E-state index contributed by atoms with van der Waals surface area (Å²) in [5.41, 5.74) is -4.58. The molecule has 2 aromatic heterocycles. The second-order valence-corrected chi connectivity index (χ2v) is 13.2. The third-order valence-corrected chi connectivity index (χ3v) is 9.88. The molecule has 4 nitrogen and oxygen atoms in total. The van der Waals surface area contributed by atoms with Crippen LogP contribution in [0, 0.1) is 22.7 Å². The molecule has 58 heavy (non-hydrogen) atoms. The number of rotatable bonds is 3. The summed E-state index contributed by atoms with van der Waals surface area (Å²) in [5.74, 6) is 0. The van der Waals surface area contributed by atoms with E-state index in [1.54, 1.807) is 0 Å². The lowest BCUT2D eigenvalue weighted by molar-refractivity contribution is -0.138. The molecule has 0 fully saturated rings. The highest BCUT2D eigenvalue weighted by atomic mass is 19.4. The van der Waals surface area contributed by atoms with E-state index < -0.39 is 47.0 Å². The van der Waals surface area contributed by atoms with Crippen LogP contribution in [-0.2, 0) is 24.7 Å². The van der Waals surface area contributed by atoms with Gasteiger partial charge in [0.1, 0.15) is 6.07 Å². The number of nitrogens with zero attached hydrogens (tertiary/aromatic N) is 4. The van der Waals surface area contributed by atoms with E-state index in [2.05, 4.69) is 0 Å². The van der Waals surface area contributed by atoms with E-state index in [-0.39, 0.29) is 77.2 Å². The lowest BCUT2D eigenvalue weighted by Crippen LogP contribution is -2.06. The number of halogens is 12. The summed E-state index contributed by atoms with van der Waals surface area (Å²) in [7, 11) is 0. The Kier molecular flexibility index (Phi) is 8.37. The van der Waals surface area contributed by atoms with Gasteiger partial charge in [0.15, 0.2) is 0 Å². The molecule has 0 unspecified atom stereocenters. The highest BCUT2D eigenvalue weighted by molar-refractivity contribution is 6.12. The number of fused-ring (bicyclic) bond motifs is 6. The molecule has 0 radical (unpaired) electrons. The Morgan fingerprint density at radius 1 is 0.397 bits per heavy atom. The summed E-state index contributed by atoms with van der Waals surface area (Å²) in [6.07, 6.45) is -19.5. The summed E-state index contributed by atoms with van der Waals surface area (Å²) < 4.78 is 170. The highest BCUT2D eigenvalue weighted by Crippen LogP contribution is 2.46. The predicted molar refractivity (Wildman–Crippen MR) is 190 cm³/mol. The standard InChI is InChI=1S/C42H18F12N4/c43-39(44,45)23-5-10-34-29(15-23)30-16-24(40(46,47)48)6-11-35(30)57(34)33-9-4-21(19-55)14-28(33)27-3-1-2-22(20-56)38(27)58-36-12-7-25(41(49,50)51)17-31(36)32-18-26(42(52,53)54)8-13-37(32)58/h1-18H. The first kappa shape index (κ1) is 38.0. The molecule has 290 valence electrons. The van der Waals surface area contributed by atoms with Crippen molar-refractivity contribution in [3.63, 3.8) is 0 Å². The van der Waals surface area contributed by atoms with Crippen molar-refractivity contribution in [2.75, 3.05) is 0 Å². The predicted octanol–water partition coefficient (Wildman–Crippen LogP) is 13.4. The molecule has 0 saturated heterocycles. The fourth-order valence-electron chi connectivity index (χ4n) is 7.36. The number of hydrogen-bond donors (Lipinski definition) is 0. The maximum Gasteiger partial charge on any atom is 0.416 e. The van der Waals surface area contributed by atoms with Gasteiger partial charge in [0.2, 0.25) is 0 Å². The molecule has 0 aliphatic heterocycles. The quantitative estimate of drug-likeness (QED) is 0.167. The smallest absolute Gasteiger partial charge is 0.309 e. The molecule has 8 aromatic rings. The first-order chi connectivity index (χ1) is 27.2. The number of alkyl halides is 12. The topological polar surface area (TPSA) is 57.4 Å². The first-order valence-corrected chi connectivity index (χ1v) is 16.7. The van der Waals surface area contributed by atoms with Crippen LogP contribution in [0.1, 0.15) is 33.4 Å². The summed E-state index contributed by atoms with van der Waals surface area (Å²) in [6.45, 7) is 0. The third kappa shape index (κ3) is 6.12. The molecule has 0 aliphatic rings. The molecule has 0 amide bonds. The highest BCUT2D eigenvalue weighted by Gasteiger charge is 2.36. The molecule has 0 spiro atoms. The van der Waals surface area contributed by atoms with Crippen molar-refractivity contribution in [1.82, 2.24) is 9.13 Å². The molecule has 0 N–H and O–H groups in total. The van der Waals surface area contributed by atoms with Crippen molar-refractivity contribution in [3.8, 4) is 34.6 Å². The Labute approximate surface area is 317 Å². The Morgan fingerprint density at radius 2 is 0.793 bits per heavy atom. The molecule has 0 bridgehead atoms. The van der Waals surface area contributed by atoms with Gasteiger partial charge in [-0.3, -0.25) is 0 Å². The summed E-state index contributed by atoms with van der Waals surface area (Å²) in [4.78, 5) is 0. The van der Waals surface area contributed by atoms with E-state index in [1.165, 1.54) is 45.5 Å². The largest absolute Gasteiger partial charge is 0.416 e. The van der Waals surface area contributed by atoms with Crippen molar-refractivity contribution in [2.24, 2.45) is 0 Å². The van der Waals surface area contributed by atoms with Gasteiger partial charge in [-0.15, -0.1) is 0 Å². The second kappa shape index (κ2) is 12.8. The minimum absolute atomic E-state index is 0.0124. The third-order valence-electron chi connectivity index (χ3n) is 9.88. The van der Waals surface area contributed by atoms with Crippen LogP contribution in [0.15, 0.2) is 109 Å². The van der Waals surface area contributed by atoms with E-state index in [0.717, 1.165) is 48.5 Å². The summed E-state index contributed by atoms with van der Waals surface area (Å²) in [5, 5.41) is 19.5. The van der Waals surface area contributed by atoms with Crippen LogP contribution in [0.25, 0.3) is 66.1 Å². The van der Waals surface area contributed by atoms with E-state index >= 15 is 0 Å². The van der Waals surface area contributed by atoms with Crippen LogP contribution in [0.5, 0.6) is 0 Å². The molecular weight excluding hydrogens is 788 g/mol. The van der Waals surface area contributed by atoms with E-state index in [9.17, 15) is 63.2 Å². The van der Waals surface area contributed by atoms with Crippen LogP contribution in [0.3, 0.4) is 0 Å². The van der Waals surface area contributed by atoms with E-state index in [0.29, 0.717) is 24.3 Å². The number of nitriles is 2.